The number of piperidine rings is 1. The van der Waals surface area contributed by atoms with Crippen LogP contribution in [0.15, 0.2) is 47.2 Å². The lowest BCUT2D eigenvalue weighted by Gasteiger charge is -2.39. The van der Waals surface area contributed by atoms with Gasteiger partial charge in [0.2, 0.25) is 0 Å². The Morgan fingerprint density at radius 1 is 1.47 bits per heavy atom. The first kappa shape index (κ1) is 22.2. The summed E-state index contributed by atoms with van der Waals surface area (Å²) < 4.78 is 5.39. The molecule has 7 nitrogen and oxygen atoms in total. The second-order valence-electron chi connectivity index (χ2n) is 8.57. The van der Waals surface area contributed by atoms with Crippen molar-refractivity contribution in [1.82, 2.24) is 20.8 Å². The SMILES string of the molecule is COCC1(C)CCCN(NC(=O)C2=C/C(C)/C(c3ccnc(C)c3)=N\NC/C=C\2)C1. The second-order valence-corrected chi connectivity index (χ2v) is 8.57. The molecule has 1 aromatic heterocycles. The number of hydrogen-bond acceptors (Lipinski definition) is 6. The van der Waals surface area contributed by atoms with Gasteiger partial charge >= 0.3 is 0 Å². The molecule has 2 unspecified atom stereocenters. The number of aromatic nitrogens is 1. The maximum absolute atomic E-state index is 13.1. The van der Waals surface area contributed by atoms with Gasteiger partial charge in [0.15, 0.2) is 0 Å². The minimum atomic E-state index is -0.0908. The van der Waals surface area contributed by atoms with Crippen LogP contribution in [-0.2, 0) is 9.53 Å². The van der Waals surface area contributed by atoms with Crippen molar-refractivity contribution in [3.63, 3.8) is 0 Å². The van der Waals surface area contributed by atoms with E-state index >= 15 is 0 Å². The van der Waals surface area contributed by atoms with Crippen molar-refractivity contribution >= 4 is 11.6 Å². The molecule has 30 heavy (non-hydrogen) atoms. The Bertz CT molecular complexity index is 844. The average Bonchev–Trinajstić information content (AvgIpc) is 2.78. The van der Waals surface area contributed by atoms with Crippen LogP contribution < -0.4 is 10.9 Å². The Morgan fingerprint density at radius 3 is 3.07 bits per heavy atom. The number of nitrogens with zero attached hydrogens (tertiary/aromatic N) is 3. The van der Waals surface area contributed by atoms with E-state index in [1.165, 1.54) is 0 Å². The summed E-state index contributed by atoms with van der Waals surface area (Å²) in [5.41, 5.74) is 9.72. The number of hydrazone groups is 1. The minimum Gasteiger partial charge on any atom is -0.384 e. The molecule has 2 aliphatic heterocycles. The van der Waals surface area contributed by atoms with Crippen LogP contribution in [0.25, 0.3) is 0 Å². The summed E-state index contributed by atoms with van der Waals surface area (Å²) in [7, 11) is 1.73. The highest BCUT2D eigenvalue weighted by Crippen LogP contribution is 2.28. The molecule has 0 bridgehead atoms. The number of nitrogens with one attached hydrogen (secondary N) is 2. The van der Waals surface area contributed by atoms with Crippen LogP contribution in [0.5, 0.6) is 0 Å². The molecular weight excluding hydrogens is 378 g/mol. The molecule has 0 aromatic carbocycles. The van der Waals surface area contributed by atoms with Crippen molar-refractivity contribution < 1.29 is 9.53 Å². The lowest BCUT2D eigenvalue weighted by molar-refractivity contribution is -0.124. The third-order valence-electron chi connectivity index (χ3n) is 5.55. The van der Waals surface area contributed by atoms with Crippen LogP contribution in [0.4, 0.5) is 0 Å². The summed E-state index contributed by atoms with van der Waals surface area (Å²) in [6.07, 6.45) is 9.69. The predicted molar refractivity (Wildman–Crippen MR) is 119 cm³/mol. The van der Waals surface area contributed by atoms with Crippen LogP contribution in [-0.4, -0.2) is 55.0 Å². The van der Waals surface area contributed by atoms with E-state index in [1.54, 1.807) is 13.3 Å². The monoisotopic (exact) mass is 411 g/mol. The fraction of sp³-hybridized carbons (Fsp3) is 0.522. The number of hydrogen-bond donors (Lipinski definition) is 2. The highest BCUT2D eigenvalue weighted by molar-refractivity contribution is 6.04. The number of carbonyl (C=O) groups excluding carboxylic acids is 1. The smallest absolute Gasteiger partial charge is 0.265 e. The van der Waals surface area contributed by atoms with Gasteiger partial charge in [-0.2, -0.15) is 5.10 Å². The normalized spacial score (nSPS) is 29.8. The van der Waals surface area contributed by atoms with Crippen LogP contribution in [0, 0.1) is 18.3 Å². The number of allylic oxidation sites excluding steroid dienone is 1. The molecule has 0 saturated carbocycles. The summed E-state index contributed by atoms with van der Waals surface area (Å²) in [5.74, 6) is -0.130. The molecule has 2 atom stereocenters. The molecule has 3 rings (SSSR count). The zero-order chi connectivity index (χ0) is 21.6. The van der Waals surface area contributed by atoms with E-state index < -0.39 is 0 Å². The van der Waals surface area contributed by atoms with Crippen LogP contribution in [0.3, 0.4) is 0 Å². The number of ether oxygens (including phenoxy) is 1. The van der Waals surface area contributed by atoms with Gasteiger partial charge in [-0.15, -0.1) is 0 Å². The molecule has 3 heterocycles. The molecule has 0 spiro atoms. The van der Waals surface area contributed by atoms with Crippen LogP contribution >= 0.6 is 0 Å². The van der Waals surface area contributed by atoms with Gasteiger partial charge in [-0.05, 0) is 31.9 Å². The number of amides is 1. The molecular formula is C23H33N5O2. The average molecular weight is 412 g/mol. The zero-order valence-corrected chi connectivity index (χ0v) is 18.4. The number of hydrazine groups is 1. The van der Waals surface area contributed by atoms with E-state index in [9.17, 15) is 4.79 Å². The first-order valence-electron chi connectivity index (χ1n) is 10.6. The molecule has 7 heteroatoms. The first-order valence-corrected chi connectivity index (χ1v) is 10.6. The molecule has 2 aliphatic rings. The summed E-state index contributed by atoms with van der Waals surface area (Å²) in [5, 5.41) is 6.60. The van der Waals surface area contributed by atoms with Crippen molar-refractivity contribution in [2.24, 2.45) is 16.4 Å². The third kappa shape index (κ3) is 5.77. The van der Waals surface area contributed by atoms with Crippen molar-refractivity contribution in [3.8, 4) is 0 Å². The minimum absolute atomic E-state index is 0.0390. The fourth-order valence-corrected chi connectivity index (χ4v) is 4.14. The number of pyridine rings is 1. The molecule has 0 radical (unpaired) electrons. The summed E-state index contributed by atoms with van der Waals surface area (Å²) in [4.78, 5) is 17.4. The summed E-state index contributed by atoms with van der Waals surface area (Å²) >= 11 is 0. The lowest BCUT2D eigenvalue weighted by atomic mass is 9.83. The Labute approximate surface area is 179 Å². The molecule has 162 valence electrons. The lowest BCUT2D eigenvalue weighted by Crippen LogP contribution is -2.52. The zero-order valence-electron chi connectivity index (χ0n) is 18.4. The van der Waals surface area contributed by atoms with E-state index in [4.69, 9.17) is 4.74 Å². The van der Waals surface area contributed by atoms with Crippen molar-refractivity contribution in [1.29, 1.82) is 0 Å². The van der Waals surface area contributed by atoms with Gasteiger partial charge in [-0.3, -0.25) is 15.2 Å². The van der Waals surface area contributed by atoms with Gasteiger partial charge in [0, 0.05) is 54.6 Å². The number of aryl methyl sites for hydroxylation is 1. The number of methoxy groups -OCH3 is 1. The largest absolute Gasteiger partial charge is 0.384 e. The fourth-order valence-electron chi connectivity index (χ4n) is 4.14. The molecule has 1 fully saturated rings. The molecule has 1 saturated heterocycles. The number of carbonyl (C=O) groups is 1. The highest BCUT2D eigenvalue weighted by atomic mass is 16.5. The molecule has 1 amide bonds. The van der Waals surface area contributed by atoms with Gasteiger partial charge in [0.25, 0.3) is 5.91 Å². The molecule has 0 aliphatic carbocycles. The molecule has 2 N–H and O–H groups in total. The van der Waals surface area contributed by atoms with E-state index in [0.29, 0.717) is 18.7 Å². The Hall–Kier alpha value is -2.51. The van der Waals surface area contributed by atoms with Gasteiger partial charge in [0.05, 0.1) is 18.9 Å². The predicted octanol–water partition coefficient (Wildman–Crippen LogP) is 2.60. The van der Waals surface area contributed by atoms with Gasteiger partial charge < -0.3 is 10.2 Å². The third-order valence-corrected chi connectivity index (χ3v) is 5.55. The molecule has 1 aromatic rings. The number of rotatable bonds is 5. The van der Waals surface area contributed by atoms with E-state index in [2.05, 4.69) is 34.8 Å². The summed E-state index contributed by atoms with van der Waals surface area (Å²) in [6.45, 7) is 9.10. The maximum atomic E-state index is 13.1. The van der Waals surface area contributed by atoms with Crippen molar-refractivity contribution in [2.75, 3.05) is 33.4 Å². The van der Waals surface area contributed by atoms with E-state index in [0.717, 1.165) is 42.9 Å². The maximum Gasteiger partial charge on any atom is 0.265 e. The van der Waals surface area contributed by atoms with E-state index in [-0.39, 0.29) is 17.2 Å². The topological polar surface area (TPSA) is 78.8 Å². The van der Waals surface area contributed by atoms with Crippen molar-refractivity contribution in [2.45, 2.75) is 33.6 Å². The van der Waals surface area contributed by atoms with Gasteiger partial charge in [0.1, 0.15) is 0 Å². The second kappa shape index (κ2) is 10.00. The van der Waals surface area contributed by atoms with E-state index in [1.807, 2.05) is 42.3 Å². The summed E-state index contributed by atoms with van der Waals surface area (Å²) in [6, 6.07) is 3.97. The van der Waals surface area contributed by atoms with Gasteiger partial charge in [-0.25, -0.2) is 5.01 Å². The quantitative estimate of drug-likeness (QED) is 0.779. The van der Waals surface area contributed by atoms with Crippen LogP contribution in [0.1, 0.15) is 37.9 Å². The Balaban J connectivity index is 1.76. The first-order chi connectivity index (χ1) is 14.4. The van der Waals surface area contributed by atoms with Crippen LogP contribution in [0.2, 0.25) is 0 Å². The van der Waals surface area contributed by atoms with Gasteiger partial charge in [-0.1, -0.05) is 32.1 Å². The Morgan fingerprint density at radius 2 is 2.30 bits per heavy atom. The standard InChI is InChI=1S/C23H33N5O2/c1-17-13-20(22(29)27-28-12-6-9-23(3,15-28)16-30-4)7-5-10-25-26-21(17)19-8-11-24-18(2)14-19/h5,7-8,11,13-14,17,25H,6,9-10,12,15-16H2,1-4H3,(H,27,29)/b7-5-,20-13+,26-21+. The highest BCUT2D eigenvalue weighted by Gasteiger charge is 2.32. The Kier molecular flexibility index (Phi) is 7.39. The van der Waals surface area contributed by atoms with Crippen molar-refractivity contribution in [3.05, 3.63) is 53.4 Å².